The number of carbonyl (C=O) groups is 1. The Hall–Kier alpha value is -0.650. The molecule has 1 saturated carbocycles. The molecule has 2 fully saturated rings. The quantitative estimate of drug-likeness (QED) is 0.800. The summed E-state index contributed by atoms with van der Waals surface area (Å²) in [6.07, 6.45) is 5.02. The third kappa shape index (κ3) is 3.58. The van der Waals surface area contributed by atoms with Gasteiger partial charge in [-0.05, 0) is 72.3 Å². The smallest absolute Gasteiger partial charge is 0.324 e. The Labute approximate surface area is 128 Å². The molecule has 1 saturated heterocycles. The van der Waals surface area contributed by atoms with E-state index in [1.54, 1.807) is 7.05 Å². The van der Waals surface area contributed by atoms with Crippen LogP contribution in [0.5, 0.6) is 0 Å². The van der Waals surface area contributed by atoms with Gasteiger partial charge < -0.3 is 15.3 Å². The zero-order valence-electron chi connectivity index (χ0n) is 13.8. The van der Waals surface area contributed by atoms with Crippen molar-refractivity contribution in [2.45, 2.75) is 50.6 Å². The van der Waals surface area contributed by atoms with E-state index in [9.17, 15) is 9.90 Å². The van der Waals surface area contributed by atoms with Gasteiger partial charge in [0, 0.05) is 12.6 Å². The fourth-order valence-electron chi connectivity index (χ4n) is 4.26. The van der Waals surface area contributed by atoms with Gasteiger partial charge in [-0.15, -0.1) is 0 Å². The van der Waals surface area contributed by atoms with Crippen LogP contribution in [0.25, 0.3) is 0 Å². The normalized spacial score (nSPS) is 35.8. The van der Waals surface area contributed by atoms with E-state index >= 15 is 0 Å². The van der Waals surface area contributed by atoms with Gasteiger partial charge in [0.2, 0.25) is 0 Å². The summed E-state index contributed by atoms with van der Waals surface area (Å²) in [5.41, 5.74) is -0.689. The molecule has 0 spiro atoms. The molecule has 0 amide bonds. The first-order valence-corrected chi connectivity index (χ1v) is 8.34. The molecule has 0 aromatic heterocycles. The Balaban J connectivity index is 1.93. The van der Waals surface area contributed by atoms with E-state index in [-0.39, 0.29) is 5.92 Å². The lowest BCUT2D eigenvalue weighted by atomic mass is 9.84. The molecule has 21 heavy (non-hydrogen) atoms. The number of rotatable bonds is 5. The van der Waals surface area contributed by atoms with Crippen LogP contribution < -0.4 is 5.32 Å². The first-order valence-electron chi connectivity index (χ1n) is 8.34. The fraction of sp³-hybridized carbons (Fsp3) is 0.938. The van der Waals surface area contributed by atoms with Gasteiger partial charge in [-0.1, -0.05) is 6.42 Å². The van der Waals surface area contributed by atoms with Gasteiger partial charge in [0.25, 0.3) is 0 Å². The maximum Gasteiger partial charge on any atom is 0.324 e. The second-order valence-corrected chi connectivity index (χ2v) is 6.91. The lowest BCUT2D eigenvalue weighted by molar-refractivity contribution is -0.146. The summed E-state index contributed by atoms with van der Waals surface area (Å²) < 4.78 is 0. The van der Waals surface area contributed by atoms with Gasteiger partial charge >= 0.3 is 5.97 Å². The maximum atomic E-state index is 11.7. The summed E-state index contributed by atoms with van der Waals surface area (Å²) in [5.74, 6) is -0.413. The van der Waals surface area contributed by atoms with Crippen LogP contribution in [0, 0.1) is 5.92 Å². The minimum Gasteiger partial charge on any atom is -0.480 e. The predicted molar refractivity (Wildman–Crippen MR) is 84.5 cm³/mol. The minimum atomic E-state index is -0.689. The average molecular weight is 297 g/mol. The molecule has 1 aliphatic carbocycles. The summed E-state index contributed by atoms with van der Waals surface area (Å²) in [4.78, 5) is 16.6. The SMILES string of the molecule is CNC1(C(=O)O)CCCC1CCN1CCCN(C)CC1C. The van der Waals surface area contributed by atoms with E-state index in [1.165, 1.54) is 13.0 Å². The lowest BCUT2D eigenvalue weighted by Crippen LogP contribution is -2.54. The topological polar surface area (TPSA) is 55.8 Å². The largest absolute Gasteiger partial charge is 0.480 e. The van der Waals surface area contributed by atoms with Gasteiger partial charge in [0.05, 0.1) is 0 Å². The van der Waals surface area contributed by atoms with E-state index < -0.39 is 11.5 Å². The van der Waals surface area contributed by atoms with Crippen molar-refractivity contribution in [2.24, 2.45) is 5.92 Å². The van der Waals surface area contributed by atoms with Gasteiger partial charge in [0.15, 0.2) is 0 Å². The summed E-state index contributed by atoms with van der Waals surface area (Å²) in [5, 5.41) is 12.7. The highest BCUT2D eigenvalue weighted by Gasteiger charge is 2.47. The highest BCUT2D eigenvalue weighted by Crippen LogP contribution is 2.38. The molecule has 2 rings (SSSR count). The average Bonchev–Trinajstić information content (AvgIpc) is 2.79. The summed E-state index contributed by atoms with van der Waals surface area (Å²) in [7, 11) is 3.99. The molecule has 0 aromatic carbocycles. The Morgan fingerprint density at radius 3 is 2.81 bits per heavy atom. The summed E-state index contributed by atoms with van der Waals surface area (Å²) in [6.45, 7) is 6.73. The van der Waals surface area contributed by atoms with E-state index in [0.717, 1.165) is 45.3 Å². The number of aliphatic carboxylic acids is 1. The van der Waals surface area contributed by atoms with Crippen molar-refractivity contribution in [2.75, 3.05) is 40.3 Å². The molecule has 2 aliphatic rings. The van der Waals surface area contributed by atoms with Crippen molar-refractivity contribution in [3.8, 4) is 0 Å². The number of nitrogens with zero attached hydrogens (tertiary/aromatic N) is 2. The van der Waals surface area contributed by atoms with Gasteiger partial charge in [-0.25, -0.2) is 0 Å². The van der Waals surface area contributed by atoms with Crippen LogP contribution in [-0.2, 0) is 4.79 Å². The predicted octanol–water partition coefficient (Wildman–Crippen LogP) is 1.25. The highest BCUT2D eigenvalue weighted by atomic mass is 16.4. The molecule has 2 N–H and O–H groups in total. The van der Waals surface area contributed by atoms with Crippen molar-refractivity contribution in [1.29, 1.82) is 0 Å². The van der Waals surface area contributed by atoms with Gasteiger partial charge in [0.1, 0.15) is 5.54 Å². The maximum absolute atomic E-state index is 11.7. The molecule has 5 heteroatoms. The van der Waals surface area contributed by atoms with Crippen LogP contribution in [-0.4, -0.2) is 72.7 Å². The molecule has 1 heterocycles. The van der Waals surface area contributed by atoms with E-state index in [1.807, 2.05) is 0 Å². The first-order chi connectivity index (χ1) is 9.99. The number of likely N-dealkylation sites (N-methyl/N-ethyl adjacent to an activating group) is 2. The summed E-state index contributed by atoms with van der Waals surface area (Å²) in [6, 6.07) is 0.563. The molecule has 3 unspecified atom stereocenters. The Bertz CT molecular complexity index is 363. The Morgan fingerprint density at radius 1 is 1.38 bits per heavy atom. The zero-order chi connectivity index (χ0) is 15.5. The van der Waals surface area contributed by atoms with Crippen LogP contribution in [0.4, 0.5) is 0 Å². The molecule has 1 aliphatic heterocycles. The van der Waals surface area contributed by atoms with Crippen molar-refractivity contribution in [3.05, 3.63) is 0 Å². The number of hydrogen-bond donors (Lipinski definition) is 2. The lowest BCUT2D eigenvalue weighted by Gasteiger charge is -2.34. The number of hydrogen-bond acceptors (Lipinski definition) is 4. The molecule has 0 radical (unpaired) electrons. The van der Waals surface area contributed by atoms with Gasteiger partial charge in [-0.2, -0.15) is 0 Å². The van der Waals surface area contributed by atoms with Crippen LogP contribution in [0.15, 0.2) is 0 Å². The summed E-state index contributed by atoms with van der Waals surface area (Å²) >= 11 is 0. The van der Waals surface area contributed by atoms with Crippen LogP contribution in [0.2, 0.25) is 0 Å². The van der Waals surface area contributed by atoms with Crippen molar-refractivity contribution >= 4 is 5.97 Å². The monoisotopic (exact) mass is 297 g/mol. The fourth-order valence-corrected chi connectivity index (χ4v) is 4.26. The molecule has 0 bridgehead atoms. The van der Waals surface area contributed by atoms with Crippen molar-refractivity contribution in [1.82, 2.24) is 15.1 Å². The standard InChI is InChI=1S/C16H31N3O2/c1-13-12-18(3)9-5-10-19(13)11-7-14-6-4-8-16(14,17-2)15(20)21/h13-14,17H,4-12H2,1-3H3,(H,20,21). The molecular formula is C16H31N3O2. The number of carboxylic acids is 1. The number of nitrogens with one attached hydrogen (secondary N) is 1. The third-order valence-electron chi connectivity index (χ3n) is 5.60. The number of carboxylic acid groups (broad SMARTS) is 1. The second-order valence-electron chi connectivity index (χ2n) is 6.91. The Kier molecular flexibility index (Phi) is 5.63. The Morgan fingerprint density at radius 2 is 2.14 bits per heavy atom. The van der Waals surface area contributed by atoms with Crippen molar-refractivity contribution < 1.29 is 9.90 Å². The highest BCUT2D eigenvalue weighted by molar-refractivity contribution is 5.79. The molecule has 122 valence electrons. The molecule has 5 nitrogen and oxygen atoms in total. The molecule has 3 atom stereocenters. The molecular weight excluding hydrogens is 266 g/mol. The second kappa shape index (κ2) is 7.07. The molecule has 0 aromatic rings. The van der Waals surface area contributed by atoms with Crippen LogP contribution >= 0.6 is 0 Å². The first kappa shape index (κ1) is 16.7. The van der Waals surface area contributed by atoms with Crippen LogP contribution in [0.1, 0.15) is 39.0 Å². The minimum absolute atomic E-state index is 0.258. The van der Waals surface area contributed by atoms with Crippen LogP contribution in [0.3, 0.4) is 0 Å². The zero-order valence-corrected chi connectivity index (χ0v) is 13.8. The van der Waals surface area contributed by atoms with Crippen molar-refractivity contribution in [3.63, 3.8) is 0 Å². The van der Waals surface area contributed by atoms with E-state index in [4.69, 9.17) is 0 Å². The van der Waals surface area contributed by atoms with Gasteiger partial charge in [-0.3, -0.25) is 9.69 Å². The third-order valence-corrected chi connectivity index (χ3v) is 5.60. The van der Waals surface area contributed by atoms with E-state index in [0.29, 0.717) is 6.04 Å². The van der Waals surface area contributed by atoms with E-state index in [2.05, 4.69) is 29.1 Å².